The van der Waals surface area contributed by atoms with E-state index in [4.69, 9.17) is 9.15 Å². The van der Waals surface area contributed by atoms with Crippen LogP contribution in [0.15, 0.2) is 39.6 Å². The van der Waals surface area contributed by atoms with Gasteiger partial charge in [-0.1, -0.05) is 6.07 Å². The van der Waals surface area contributed by atoms with Crippen LogP contribution in [0.5, 0.6) is 5.75 Å². The zero-order chi connectivity index (χ0) is 12.4. The van der Waals surface area contributed by atoms with E-state index in [9.17, 15) is 9.18 Å². The number of carbonyl (C=O) groups excluding carboxylic acids is 1. The quantitative estimate of drug-likeness (QED) is 0.815. The van der Waals surface area contributed by atoms with Crippen LogP contribution >= 0.6 is 15.9 Å². The highest BCUT2D eigenvalue weighted by molar-refractivity contribution is 9.10. The maximum absolute atomic E-state index is 13.9. The molecule has 3 nitrogen and oxygen atoms in total. The van der Waals surface area contributed by atoms with E-state index in [2.05, 4.69) is 15.9 Å². The monoisotopic (exact) mass is 298 g/mol. The Labute approximate surface area is 105 Å². The van der Waals surface area contributed by atoms with Crippen molar-refractivity contribution in [2.24, 2.45) is 0 Å². The number of halogens is 2. The van der Waals surface area contributed by atoms with Gasteiger partial charge in [-0.05, 0) is 34.1 Å². The Morgan fingerprint density at radius 3 is 2.71 bits per heavy atom. The highest BCUT2D eigenvalue weighted by Gasteiger charge is 2.20. The van der Waals surface area contributed by atoms with E-state index in [0.717, 1.165) is 0 Å². The van der Waals surface area contributed by atoms with E-state index < -0.39 is 11.6 Å². The first kappa shape index (κ1) is 11.9. The lowest BCUT2D eigenvalue weighted by molar-refractivity contribution is 0.103. The van der Waals surface area contributed by atoms with Crippen molar-refractivity contribution in [1.29, 1.82) is 0 Å². The van der Waals surface area contributed by atoms with Gasteiger partial charge in [-0.2, -0.15) is 0 Å². The normalized spacial score (nSPS) is 10.3. The maximum Gasteiger partial charge on any atom is 0.200 e. The molecule has 0 amide bonds. The van der Waals surface area contributed by atoms with Gasteiger partial charge in [0.1, 0.15) is 0 Å². The summed E-state index contributed by atoms with van der Waals surface area (Å²) in [6, 6.07) is 5.89. The molecule has 0 aliphatic carbocycles. The molecule has 17 heavy (non-hydrogen) atoms. The van der Waals surface area contributed by atoms with Crippen LogP contribution in [-0.4, -0.2) is 12.9 Å². The molecule has 2 rings (SSSR count). The average Bonchev–Trinajstić information content (AvgIpc) is 2.75. The third-order valence-electron chi connectivity index (χ3n) is 2.29. The molecule has 5 heteroatoms. The third-order valence-corrected chi connectivity index (χ3v) is 2.90. The van der Waals surface area contributed by atoms with E-state index in [1.807, 2.05) is 0 Å². The van der Waals surface area contributed by atoms with Crippen LogP contribution in [0.4, 0.5) is 4.39 Å². The number of methoxy groups -OCH3 is 1. The Bertz CT molecular complexity index is 563. The number of ketones is 1. The second-order valence-corrected chi connectivity index (χ2v) is 3.98. The standard InChI is InChI=1S/C12H8BrFO3/c1-16-9-4-2-3-7(10(9)14)11(15)8-5-6-17-12(8)13/h2-6H,1H3. The first-order valence-corrected chi connectivity index (χ1v) is 5.54. The smallest absolute Gasteiger partial charge is 0.200 e. The lowest BCUT2D eigenvalue weighted by Gasteiger charge is -2.05. The molecule has 88 valence electrons. The van der Waals surface area contributed by atoms with E-state index in [1.165, 1.54) is 31.6 Å². The summed E-state index contributed by atoms with van der Waals surface area (Å²) in [5.74, 6) is -1.09. The number of ether oxygens (including phenoxy) is 1. The minimum Gasteiger partial charge on any atom is -0.494 e. The van der Waals surface area contributed by atoms with Crippen LogP contribution < -0.4 is 4.74 Å². The number of hydrogen-bond donors (Lipinski definition) is 0. The number of hydrogen-bond acceptors (Lipinski definition) is 3. The second kappa shape index (κ2) is 4.71. The molecule has 0 bridgehead atoms. The van der Waals surface area contributed by atoms with Gasteiger partial charge in [0.2, 0.25) is 5.78 Å². The molecule has 0 aliphatic rings. The Balaban J connectivity index is 2.48. The summed E-state index contributed by atoms with van der Waals surface area (Å²) in [4.78, 5) is 12.0. The molecule has 0 N–H and O–H groups in total. The van der Waals surface area contributed by atoms with Crippen LogP contribution in [0, 0.1) is 5.82 Å². The zero-order valence-corrected chi connectivity index (χ0v) is 10.5. The fraction of sp³-hybridized carbons (Fsp3) is 0.0833. The molecule has 1 aromatic heterocycles. The average molecular weight is 299 g/mol. The number of carbonyl (C=O) groups is 1. The van der Waals surface area contributed by atoms with E-state index in [-0.39, 0.29) is 21.5 Å². The number of benzene rings is 1. The zero-order valence-electron chi connectivity index (χ0n) is 8.87. The van der Waals surface area contributed by atoms with Crippen LogP contribution in [0.2, 0.25) is 0 Å². The van der Waals surface area contributed by atoms with Crippen molar-refractivity contribution in [1.82, 2.24) is 0 Å². The maximum atomic E-state index is 13.9. The molecular weight excluding hydrogens is 291 g/mol. The molecule has 1 aromatic carbocycles. The topological polar surface area (TPSA) is 39.4 Å². The van der Waals surface area contributed by atoms with Gasteiger partial charge < -0.3 is 9.15 Å². The highest BCUT2D eigenvalue weighted by Crippen LogP contribution is 2.25. The van der Waals surface area contributed by atoms with Gasteiger partial charge in [-0.15, -0.1) is 0 Å². The fourth-order valence-electron chi connectivity index (χ4n) is 1.44. The van der Waals surface area contributed by atoms with E-state index in [0.29, 0.717) is 0 Å². The number of rotatable bonds is 3. The minimum atomic E-state index is -0.673. The molecule has 0 saturated carbocycles. The van der Waals surface area contributed by atoms with Gasteiger partial charge >= 0.3 is 0 Å². The molecule has 0 unspecified atom stereocenters. The lowest BCUT2D eigenvalue weighted by atomic mass is 10.1. The molecular formula is C12H8BrFO3. The summed E-state index contributed by atoms with van der Waals surface area (Å²) < 4.78 is 23.9. The summed E-state index contributed by atoms with van der Waals surface area (Å²) in [6.45, 7) is 0. The Morgan fingerprint density at radius 1 is 1.35 bits per heavy atom. The Kier molecular flexibility index (Phi) is 3.28. The Morgan fingerprint density at radius 2 is 2.12 bits per heavy atom. The van der Waals surface area contributed by atoms with Gasteiger partial charge in [-0.3, -0.25) is 4.79 Å². The van der Waals surface area contributed by atoms with Crippen molar-refractivity contribution in [3.05, 3.63) is 52.1 Å². The van der Waals surface area contributed by atoms with Crippen molar-refractivity contribution in [3.8, 4) is 5.75 Å². The SMILES string of the molecule is COc1cccc(C(=O)c2ccoc2Br)c1F. The molecule has 1 heterocycles. The summed E-state index contributed by atoms with van der Waals surface area (Å²) in [5, 5.41) is 0. The van der Waals surface area contributed by atoms with Crippen molar-refractivity contribution in [3.63, 3.8) is 0 Å². The molecule has 0 fully saturated rings. The molecule has 2 aromatic rings. The largest absolute Gasteiger partial charge is 0.494 e. The van der Waals surface area contributed by atoms with Crippen LogP contribution in [0.25, 0.3) is 0 Å². The van der Waals surface area contributed by atoms with Gasteiger partial charge in [0, 0.05) is 0 Å². The fourth-order valence-corrected chi connectivity index (χ4v) is 1.86. The summed E-state index contributed by atoms with van der Waals surface area (Å²) in [5.41, 5.74) is 0.226. The first-order chi connectivity index (χ1) is 8.15. The highest BCUT2D eigenvalue weighted by atomic mass is 79.9. The van der Waals surface area contributed by atoms with Crippen LogP contribution in [0.1, 0.15) is 15.9 Å². The lowest BCUT2D eigenvalue weighted by Crippen LogP contribution is -2.05. The minimum absolute atomic E-state index is 0.0375. The molecule has 0 saturated heterocycles. The summed E-state index contributed by atoms with van der Waals surface area (Å²) >= 11 is 3.08. The molecule has 0 radical (unpaired) electrons. The summed E-state index contributed by atoms with van der Waals surface area (Å²) in [6.07, 6.45) is 1.36. The van der Waals surface area contributed by atoms with E-state index >= 15 is 0 Å². The van der Waals surface area contributed by atoms with Crippen molar-refractivity contribution in [2.45, 2.75) is 0 Å². The molecule has 0 spiro atoms. The Hall–Kier alpha value is -1.62. The van der Waals surface area contributed by atoms with Crippen LogP contribution in [0.3, 0.4) is 0 Å². The third kappa shape index (κ3) is 2.10. The number of furan rings is 1. The predicted octanol–water partition coefficient (Wildman–Crippen LogP) is 3.42. The predicted molar refractivity (Wildman–Crippen MR) is 62.8 cm³/mol. The van der Waals surface area contributed by atoms with E-state index in [1.54, 1.807) is 6.07 Å². The molecule has 0 atom stereocenters. The summed E-state index contributed by atoms with van der Waals surface area (Å²) in [7, 11) is 1.35. The van der Waals surface area contributed by atoms with Crippen LogP contribution in [-0.2, 0) is 0 Å². The van der Waals surface area contributed by atoms with Crippen molar-refractivity contribution < 1.29 is 18.3 Å². The van der Waals surface area contributed by atoms with Crippen molar-refractivity contribution >= 4 is 21.7 Å². The molecule has 0 aliphatic heterocycles. The van der Waals surface area contributed by atoms with Gasteiger partial charge in [0.05, 0.1) is 24.5 Å². The van der Waals surface area contributed by atoms with Gasteiger partial charge in [-0.25, -0.2) is 4.39 Å². The van der Waals surface area contributed by atoms with Gasteiger partial charge in [0.15, 0.2) is 16.2 Å². The van der Waals surface area contributed by atoms with Gasteiger partial charge in [0.25, 0.3) is 0 Å². The second-order valence-electron chi connectivity index (χ2n) is 3.26. The first-order valence-electron chi connectivity index (χ1n) is 4.75. The van der Waals surface area contributed by atoms with Crippen molar-refractivity contribution in [2.75, 3.05) is 7.11 Å².